The minimum atomic E-state index is -0.693. The fourth-order valence-corrected chi connectivity index (χ4v) is 2.30. The van der Waals surface area contributed by atoms with Gasteiger partial charge in [0.25, 0.3) is 11.6 Å². The van der Waals surface area contributed by atoms with Crippen molar-refractivity contribution >= 4 is 11.6 Å². The molecule has 1 heterocycles. The van der Waals surface area contributed by atoms with Gasteiger partial charge in [0.1, 0.15) is 12.2 Å². The number of carbonyl (C=O) groups is 1. The molecule has 9 heteroatoms. The molecular formula is C16H15N5O4. The van der Waals surface area contributed by atoms with Gasteiger partial charge in [-0.1, -0.05) is 12.1 Å². The molecule has 0 aliphatic rings. The Morgan fingerprint density at radius 2 is 2.12 bits per heavy atom. The molecule has 1 aromatic heterocycles. The minimum absolute atomic E-state index is 0.141. The molecule has 2 rings (SSSR count). The minimum Gasteiger partial charge on any atom is -0.324 e. The second-order valence-electron chi connectivity index (χ2n) is 5.13. The number of rotatable bonds is 5. The van der Waals surface area contributed by atoms with Crippen LogP contribution in [0, 0.1) is 28.4 Å². The lowest BCUT2D eigenvalue weighted by Crippen LogP contribution is -2.36. The molecule has 128 valence electrons. The molecule has 9 nitrogen and oxygen atoms in total. The van der Waals surface area contributed by atoms with Crippen molar-refractivity contribution in [3.05, 3.63) is 62.1 Å². The Bertz CT molecular complexity index is 929. The number of aromatic nitrogens is 2. The largest absolute Gasteiger partial charge is 0.324 e. The second-order valence-corrected chi connectivity index (χ2v) is 5.13. The van der Waals surface area contributed by atoms with Crippen LogP contribution in [0.2, 0.25) is 0 Å². The molecule has 0 saturated carbocycles. The smallest absolute Gasteiger partial charge is 0.294 e. The van der Waals surface area contributed by atoms with E-state index in [4.69, 9.17) is 5.26 Å². The third-order valence-corrected chi connectivity index (χ3v) is 3.55. The van der Waals surface area contributed by atoms with Crippen LogP contribution in [0.25, 0.3) is 5.69 Å². The molecule has 0 radical (unpaired) electrons. The van der Waals surface area contributed by atoms with Crippen molar-refractivity contribution in [1.29, 1.82) is 5.26 Å². The highest BCUT2D eigenvalue weighted by Gasteiger charge is 2.22. The van der Waals surface area contributed by atoms with Gasteiger partial charge in [-0.05, 0) is 19.9 Å². The molecule has 0 unspecified atom stereocenters. The molecule has 0 bridgehead atoms. The number of amides is 1. The monoisotopic (exact) mass is 341 g/mol. The summed E-state index contributed by atoms with van der Waals surface area (Å²) in [6, 6.07) is 8.93. The Balaban J connectivity index is 2.64. The number of hydrogen-bond donors (Lipinski definition) is 0. The van der Waals surface area contributed by atoms with Gasteiger partial charge in [-0.25, -0.2) is 4.68 Å². The van der Waals surface area contributed by atoms with Gasteiger partial charge >= 0.3 is 0 Å². The van der Waals surface area contributed by atoms with Gasteiger partial charge in [0.15, 0.2) is 5.69 Å². The zero-order chi connectivity index (χ0) is 18.6. The quantitative estimate of drug-likeness (QED) is 0.460. The Hall–Kier alpha value is -3.54. The summed E-state index contributed by atoms with van der Waals surface area (Å²) in [5.41, 5.74) is -0.708. The number of carbonyl (C=O) groups excluding carboxylic acids is 1. The Morgan fingerprint density at radius 1 is 1.44 bits per heavy atom. The van der Waals surface area contributed by atoms with Crippen LogP contribution in [0.1, 0.15) is 23.1 Å². The number of aryl methyl sites for hydroxylation is 1. The fraction of sp³-hybridized carbons (Fsp3) is 0.250. The third-order valence-electron chi connectivity index (χ3n) is 3.55. The maximum absolute atomic E-state index is 12.5. The van der Waals surface area contributed by atoms with Gasteiger partial charge in [-0.3, -0.25) is 19.7 Å². The van der Waals surface area contributed by atoms with E-state index in [0.29, 0.717) is 5.69 Å². The Morgan fingerprint density at radius 3 is 2.72 bits per heavy atom. The highest BCUT2D eigenvalue weighted by atomic mass is 16.6. The first-order chi connectivity index (χ1) is 11.9. The molecule has 1 aromatic carbocycles. The number of nitriles is 1. The number of para-hydroxylation sites is 2. The van der Waals surface area contributed by atoms with Crippen LogP contribution in [0.3, 0.4) is 0 Å². The van der Waals surface area contributed by atoms with Crippen molar-refractivity contribution < 1.29 is 9.72 Å². The lowest BCUT2D eigenvalue weighted by molar-refractivity contribution is -0.384. The van der Waals surface area contributed by atoms with Gasteiger partial charge in [-0.2, -0.15) is 10.4 Å². The lowest BCUT2D eigenvalue weighted by Gasteiger charge is -2.17. The predicted molar refractivity (Wildman–Crippen MR) is 88.4 cm³/mol. The van der Waals surface area contributed by atoms with Crippen molar-refractivity contribution in [2.75, 3.05) is 13.1 Å². The van der Waals surface area contributed by atoms with E-state index in [-0.39, 0.29) is 30.2 Å². The van der Waals surface area contributed by atoms with Crippen LogP contribution < -0.4 is 5.43 Å². The molecule has 2 aromatic rings. The van der Waals surface area contributed by atoms with Crippen molar-refractivity contribution in [1.82, 2.24) is 14.7 Å². The molecule has 0 fully saturated rings. The first kappa shape index (κ1) is 17.8. The maximum Gasteiger partial charge on any atom is 0.294 e. The van der Waals surface area contributed by atoms with E-state index >= 15 is 0 Å². The molecule has 0 N–H and O–H groups in total. The molecule has 0 saturated heterocycles. The van der Waals surface area contributed by atoms with Gasteiger partial charge < -0.3 is 4.90 Å². The number of nitro groups is 1. The molecular weight excluding hydrogens is 326 g/mol. The molecule has 1 amide bonds. The van der Waals surface area contributed by atoms with E-state index in [1.165, 1.54) is 33.8 Å². The zero-order valence-corrected chi connectivity index (χ0v) is 13.7. The van der Waals surface area contributed by atoms with Crippen LogP contribution in [-0.4, -0.2) is 38.6 Å². The van der Waals surface area contributed by atoms with Crippen LogP contribution in [0.15, 0.2) is 35.1 Å². The van der Waals surface area contributed by atoms with Crippen molar-refractivity contribution in [2.45, 2.75) is 13.8 Å². The highest BCUT2D eigenvalue weighted by Crippen LogP contribution is 2.22. The summed E-state index contributed by atoms with van der Waals surface area (Å²) in [5.74, 6) is -0.693. The van der Waals surface area contributed by atoms with Gasteiger partial charge in [0, 0.05) is 24.4 Å². The van der Waals surface area contributed by atoms with Crippen LogP contribution >= 0.6 is 0 Å². The number of nitro benzene ring substituents is 1. The summed E-state index contributed by atoms with van der Waals surface area (Å²) in [4.78, 5) is 36.5. The Labute approximate surface area is 142 Å². The normalized spacial score (nSPS) is 10.1. The predicted octanol–water partition coefficient (Wildman–Crippen LogP) is 1.43. The molecule has 0 spiro atoms. The van der Waals surface area contributed by atoms with E-state index in [1.807, 2.05) is 6.07 Å². The average molecular weight is 341 g/mol. The SMILES string of the molecule is CCN(CC#N)C(=O)c1nn(-c2ccccc2[N+](=O)[O-])c(C)cc1=O. The van der Waals surface area contributed by atoms with E-state index in [0.717, 1.165) is 0 Å². The van der Waals surface area contributed by atoms with Gasteiger partial charge in [0.05, 0.1) is 11.0 Å². The number of nitrogens with zero attached hydrogens (tertiary/aromatic N) is 5. The first-order valence-electron chi connectivity index (χ1n) is 7.41. The summed E-state index contributed by atoms with van der Waals surface area (Å²) in [7, 11) is 0. The summed E-state index contributed by atoms with van der Waals surface area (Å²) in [6.07, 6.45) is 0. The molecule has 0 atom stereocenters. The lowest BCUT2D eigenvalue weighted by atomic mass is 10.2. The molecule has 0 aliphatic carbocycles. The number of benzene rings is 1. The van der Waals surface area contributed by atoms with Crippen molar-refractivity contribution in [3.63, 3.8) is 0 Å². The van der Waals surface area contributed by atoms with Crippen LogP contribution in [0.5, 0.6) is 0 Å². The summed E-state index contributed by atoms with van der Waals surface area (Å²) >= 11 is 0. The van der Waals surface area contributed by atoms with E-state index < -0.39 is 16.3 Å². The van der Waals surface area contributed by atoms with Crippen molar-refractivity contribution in [2.24, 2.45) is 0 Å². The van der Waals surface area contributed by atoms with E-state index in [1.54, 1.807) is 19.9 Å². The zero-order valence-electron chi connectivity index (χ0n) is 13.7. The summed E-state index contributed by atoms with van der Waals surface area (Å²) in [5, 5.41) is 24.0. The molecule has 25 heavy (non-hydrogen) atoms. The fourth-order valence-electron chi connectivity index (χ4n) is 2.30. The third kappa shape index (κ3) is 3.53. The van der Waals surface area contributed by atoms with Crippen molar-refractivity contribution in [3.8, 4) is 11.8 Å². The second kappa shape index (κ2) is 7.35. The highest BCUT2D eigenvalue weighted by molar-refractivity contribution is 5.92. The topological polar surface area (TPSA) is 122 Å². The first-order valence-corrected chi connectivity index (χ1v) is 7.41. The van der Waals surface area contributed by atoms with Gasteiger partial charge in [0.2, 0.25) is 5.43 Å². The van der Waals surface area contributed by atoms with Crippen LogP contribution in [0.4, 0.5) is 5.69 Å². The standard InChI is InChI=1S/C16H15N5O4/c1-3-19(9-8-17)16(23)15-14(22)10-11(2)20(18-15)12-6-4-5-7-13(12)21(24)25/h4-7,10H,3,9H2,1-2H3. The van der Waals surface area contributed by atoms with E-state index in [9.17, 15) is 19.7 Å². The van der Waals surface area contributed by atoms with E-state index in [2.05, 4.69) is 5.10 Å². The Kier molecular flexibility index (Phi) is 5.24. The summed E-state index contributed by atoms with van der Waals surface area (Å²) in [6.45, 7) is 3.28. The van der Waals surface area contributed by atoms with Crippen LogP contribution in [-0.2, 0) is 0 Å². The summed E-state index contributed by atoms with van der Waals surface area (Å²) < 4.78 is 1.19. The molecule has 0 aliphatic heterocycles. The number of hydrogen-bond acceptors (Lipinski definition) is 6. The van der Waals surface area contributed by atoms with Gasteiger partial charge in [-0.15, -0.1) is 0 Å². The maximum atomic E-state index is 12.5. The average Bonchev–Trinajstić information content (AvgIpc) is 2.59.